The summed E-state index contributed by atoms with van der Waals surface area (Å²) in [6.45, 7) is 17.8. The Balaban J connectivity index is 0.000000247. The number of benzene rings is 4. The first-order valence-corrected chi connectivity index (χ1v) is 22.1. The molecule has 4 aromatic carbocycles. The minimum absolute atomic E-state index is 0. The topological polar surface area (TPSA) is 38.9 Å². The molecule has 1 radical (unpaired) electrons. The average Bonchev–Trinajstić information content (AvgIpc) is 3.57. The van der Waals surface area contributed by atoms with Gasteiger partial charge in [0.25, 0.3) is 0 Å². The van der Waals surface area contributed by atoms with Crippen LogP contribution in [0.5, 0.6) is 0 Å². The number of aromatic nitrogens is 2. The monoisotopic (exact) mass is 929 g/mol. The predicted molar refractivity (Wildman–Crippen MR) is 233 cm³/mol. The second-order valence-corrected chi connectivity index (χ2v) is 21.5. The molecule has 0 saturated heterocycles. The number of hydrogen-bond acceptors (Lipinski definition) is 3. The Morgan fingerprint density at radius 3 is 2.13 bits per heavy atom. The van der Waals surface area contributed by atoms with E-state index >= 15 is 0 Å². The Labute approximate surface area is 355 Å². The van der Waals surface area contributed by atoms with Gasteiger partial charge in [-0.15, -0.1) is 59.2 Å². The fourth-order valence-electron chi connectivity index (χ4n) is 6.33. The molecular formula is C50H56IrN2OSi-2. The molecule has 0 bridgehead atoms. The molecule has 3 aromatic heterocycles. The Morgan fingerprint density at radius 1 is 0.782 bits per heavy atom. The molecule has 3 heterocycles. The molecule has 7 rings (SSSR count). The maximum absolute atomic E-state index is 8.64. The van der Waals surface area contributed by atoms with Crippen molar-refractivity contribution in [1.29, 1.82) is 0 Å². The van der Waals surface area contributed by atoms with E-state index in [9.17, 15) is 0 Å². The quantitative estimate of drug-likeness (QED) is 0.113. The Morgan fingerprint density at radius 2 is 1.49 bits per heavy atom. The first-order chi connectivity index (χ1) is 28.6. The van der Waals surface area contributed by atoms with Crippen molar-refractivity contribution in [3.8, 4) is 33.6 Å². The van der Waals surface area contributed by atoms with Crippen LogP contribution in [0.2, 0.25) is 19.6 Å². The van der Waals surface area contributed by atoms with Gasteiger partial charge in [0.15, 0.2) is 0 Å². The summed E-state index contributed by atoms with van der Waals surface area (Å²) in [5.74, 6) is -0.784. The third-order valence-corrected chi connectivity index (χ3v) is 11.0. The van der Waals surface area contributed by atoms with Gasteiger partial charge in [-0.05, 0) is 70.8 Å². The van der Waals surface area contributed by atoms with Crippen LogP contribution in [0.3, 0.4) is 0 Å². The van der Waals surface area contributed by atoms with Gasteiger partial charge in [0, 0.05) is 48.9 Å². The number of rotatable bonds is 8. The molecule has 0 atom stereocenters. The van der Waals surface area contributed by atoms with Crippen molar-refractivity contribution in [1.82, 2.24) is 9.97 Å². The minimum atomic E-state index is -2.13. The molecule has 0 fully saturated rings. The van der Waals surface area contributed by atoms with Gasteiger partial charge in [0.05, 0.1) is 13.7 Å². The van der Waals surface area contributed by atoms with Gasteiger partial charge in [-0.2, -0.15) is 0 Å². The van der Waals surface area contributed by atoms with Gasteiger partial charge < -0.3 is 14.4 Å². The molecule has 0 aliphatic rings. The predicted octanol–water partition coefficient (Wildman–Crippen LogP) is 13.4. The summed E-state index contributed by atoms with van der Waals surface area (Å²) in [4.78, 5) is 9.12. The second kappa shape index (κ2) is 17.3. The minimum Gasteiger partial charge on any atom is -0.500 e. The van der Waals surface area contributed by atoms with Crippen LogP contribution in [0.4, 0.5) is 0 Å². The van der Waals surface area contributed by atoms with Gasteiger partial charge in [-0.3, -0.25) is 0 Å². The molecule has 0 unspecified atom stereocenters. The van der Waals surface area contributed by atoms with Gasteiger partial charge in [0.1, 0.15) is 5.58 Å². The summed E-state index contributed by atoms with van der Waals surface area (Å²) in [6, 6.07) is 34.2. The molecule has 3 nitrogen and oxygen atoms in total. The Kier molecular flexibility index (Phi) is 10.1. The van der Waals surface area contributed by atoms with Crippen LogP contribution in [-0.4, -0.2) is 18.0 Å². The van der Waals surface area contributed by atoms with Crippen LogP contribution in [-0.2, 0) is 32.9 Å². The summed E-state index contributed by atoms with van der Waals surface area (Å²) in [7, 11) is -1.73. The van der Waals surface area contributed by atoms with E-state index in [0.29, 0.717) is 22.4 Å². The van der Waals surface area contributed by atoms with E-state index in [0.717, 1.165) is 60.6 Å². The zero-order valence-electron chi connectivity index (χ0n) is 41.5. The average molecular weight is 929 g/mol. The van der Waals surface area contributed by atoms with Crippen molar-refractivity contribution in [3.05, 3.63) is 138 Å². The third kappa shape index (κ3) is 10.6. The SMILES string of the molecule is [2H]C(C)(C)c1c[c-]c(-c2cc(C([2H])([2H])C(C)C)c([Si](C)(C)C)cn2)cc1.[2H]C([2H])([2H])c1ccc(-c2ccc3c(c2)oc2c[c-]c(-c4cc(C([2H])([2H])C(C)(C)C)ccn4)cc23)cc1.[Ir]. The van der Waals surface area contributed by atoms with Crippen LogP contribution in [0.25, 0.3) is 55.6 Å². The molecule has 0 aliphatic heterocycles. The smallest absolute Gasteiger partial charge is 0.121 e. The summed E-state index contributed by atoms with van der Waals surface area (Å²) < 4.78 is 71.4. The molecule has 0 N–H and O–H groups in total. The molecule has 0 spiro atoms. The molecule has 0 aliphatic carbocycles. The fraction of sp³-hybridized carbons (Fsp3) is 0.320. The van der Waals surface area contributed by atoms with Gasteiger partial charge >= 0.3 is 0 Å². The molecule has 55 heavy (non-hydrogen) atoms. The molecule has 0 saturated carbocycles. The maximum atomic E-state index is 8.64. The van der Waals surface area contributed by atoms with Gasteiger partial charge in [-0.25, -0.2) is 0 Å². The van der Waals surface area contributed by atoms with Crippen molar-refractivity contribution in [2.75, 3.05) is 0 Å². The van der Waals surface area contributed by atoms with E-state index in [2.05, 4.69) is 41.7 Å². The van der Waals surface area contributed by atoms with E-state index in [1.807, 2.05) is 115 Å². The Bertz CT molecular complexity index is 2710. The number of furan rings is 1. The third-order valence-electron chi connectivity index (χ3n) is 9.00. The van der Waals surface area contributed by atoms with Crippen LogP contribution in [0, 0.1) is 30.3 Å². The molecule has 5 heteroatoms. The van der Waals surface area contributed by atoms with Gasteiger partial charge in [0.2, 0.25) is 0 Å². The standard InChI is InChI=1S/C29H26NO.C21H30NSi.Ir/c1-19-5-7-21(8-6-19)22-9-11-24-25-16-23(10-12-27(25)31-28(24)17-22)26-15-20(13-14-30-26)18-29(2,3)4;1-15(2)12-19-13-20(22-14-21(19)23(5,6)7)18-10-8-17(9-11-18)16(3)4;/h5-9,11-17H,18H2,1-4H3;8-10,13-16H,12H2,1-7H3;/q2*-1;/i1D3,18D2;12D2,16D;. The number of pyridine rings is 2. The van der Waals surface area contributed by atoms with E-state index in [4.69, 9.17) is 15.4 Å². The van der Waals surface area contributed by atoms with Crippen molar-refractivity contribution in [3.63, 3.8) is 0 Å². The number of fused-ring (bicyclic) bond motifs is 3. The van der Waals surface area contributed by atoms with Crippen molar-refractivity contribution in [2.24, 2.45) is 11.3 Å². The van der Waals surface area contributed by atoms with E-state index < -0.39 is 39.0 Å². The normalized spacial score (nSPS) is 15.0. The van der Waals surface area contributed by atoms with Crippen molar-refractivity contribution in [2.45, 2.75) is 93.6 Å². The first kappa shape index (κ1) is 32.0. The number of hydrogen-bond donors (Lipinski definition) is 0. The molecule has 7 aromatic rings. The summed E-state index contributed by atoms with van der Waals surface area (Å²) in [5.41, 5.74) is 8.24. The van der Waals surface area contributed by atoms with Crippen molar-refractivity contribution >= 4 is 35.2 Å². The van der Waals surface area contributed by atoms with E-state index in [1.54, 1.807) is 36.5 Å². The summed E-state index contributed by atoms with van der Waals surface area (Å²) >= 11 is 0. The van der Waals surface area contributed by atoms with Crippen LogP contribution in [0.1, 0.15) is 87.6 Å². The second-order valence-electron chi connectivity index (χ2n) is 16.5. The number of aryl methyl sites for hydroxylation is 1. The largest absolute Gasteiger partial charge is 0.500 e. The zero-order valence-corrected chi connectivity index (χ0v) is 36.9. The first-order valence-electron chi connectivity index (χ1n) is 22.6. The Hall–Kier alpha value is -4.15. The van der Waals surface area contributed by atoms with E-state index in [1.165, 1.54) is 0 Å². The van der Waals surface area contributed by atoms with Crippen LogP contribution in [0.15, 0.2) is 108 Å². The molecule has 287 valence electrons. The molecular weight excluding hydrogens is 865 g/mol. The van der Waals surface area contributed by atoms with Gasteiger partial charge in [-0.1, -0.05) is 145 Å². The molecule has 0 amide bonds. The zero-order chi connectivity index (χ0) is 45.8. The number of nitrogens with zero attached hydrogens (tertiary/aromatic N) is 2. The summed E-state index contributed by atoms with van der Waals surface area (Å²) in [5, 5.41) is 2.95. The van der Waals surface area contributed by atoms with Crippen LogP contribution >= 0.6 is 0 Å². The van der Waals surface area contributed by atoms with E-state index in [-0.39, 0.29) is 26.0 Å². The van der Waals surface area contributed by atoms with Crippen LogP contribution < -0.4 is 5.19 Å². The summed E-state index contributed by atoms with van der Waals surface area (Å²) in [6.07, 6.45) is 0.586. The van der Waals surface area contributed by atoms with Crippen molar-refractivity contribution < 1.29 is 35.5 Å². The maximum Gasteiger partial charge on any atom is 0.121 e. The fourth-order valence-corrected chi connectivity index (χ4v) is 7.73.